The van der Waals surface area contributed by atoms with Crippen LogP contribution in [0.25, 0.3) is 0 Å². The van der Waals surface area contributed by atoms with E-state index in [-0.39, 0.29) is 29.2 Å². The molecule has 0 spiro atoms. The predicted molar refractivity (Wildman–Crippen MR) is 78.3 cm³/mol. The van der Waals surface area contributed by atoms with Gasteiger partial charge in [0.1, 0.15) is 11.4 Å². The zero-order valence-electron chi connectivity index (χ0n) is 12.0. The molecular formula is C15H13N3O4. The normalized spacial score (nSPS) is 13.0. The first kappa shape index (κ1) is 14.2. The van der Waals surface area contributed by atoms with Crippen molar-refractivity contribution in [2.45, 2.75) is 20.5 Å². The van der Waals surface area contributed by atoms with Crippen LogP contribution in [-0.4, -0.2) is 21.1 Å². The molecule has 7 heteroatoms. The van der Waals surface area contributed by atoms with Gasteiger partial charge < -0.3 is 10.7 Å². The van der Waals surface area contributed by atoms with Crippen LogP contribution in [0.1, 0.15) is 43.2 Å². The molecule has 0 fully saturated rings. The molecule has 1 aliphatic carbocycles. The van der Waals surface area contributed by atoms with Gasteiger partial charge in [-0.25, -0.2) is 0 Å². The Bertz CT molecular complexity index is 966. The number of nitrogens with zero attached hydrogens (tertiary/aromatic N) is 1. The number of hydrogen-bond donors (Lipinski definition) is 2. The zero-order valence-corrected chi connectivity index (χ0v) is 12.0. The van der Waals surface area contributed by atoms with Gasteiger partial charge in [-0.05, 0) is 25.0 Å². The summed E-state index contributed by atoms with van der Waals surface area (Å²) < 4.78 is 1.05. The summed E-state index contributed by atoms with van der Waals surface area (Å²) in [5, 5.41) is 0. The predicted octanol–water partition coefficient (Wildman–Crippen LogP) is -0.155. The number of carbonyl (C=O) groups excluding carboxylic acids is 2. The van der Waals surface area contributed by atoms with Gasteiger partial charge in [0.15, 0.2) is 5.78 Å². The number of ketones is 2. The number of fused-ring (bicyclic) bond motifs is 2. The van der Waals surface area contributed by atoms with E-state index in [4.69, 9.17) is 5.73 Å². The molecule has 0 bridgehead atoms. The molecule has 2 heterocycles. The molecule has 0 aromatic carbocycles. The lowest BCUT2D eigenvalue weighted by Crippen LogP contribution is -2.37. The minimum absolute atomic E-state index is 0.0637. The number of aryl methyl sites for hydroxylation is 2. The first-order valence-electron chi connectivity index (χ1n) is 6.64. The van der Waals surface area contributed by atoms with Crippen LogP contribution >= 0.6 is 0 Å². The van der Waals surface area contributed by atoms with Crippen molar-refractivity contribution in [2.75, 3.05) is 0 Å². The fraction of sp³-hybridized carbons (Fsp3) is 0.200. The van der Waals surface area contributed by atoms with Crippen LogP contribution in [0.4, 0.5) is 0 Å². The molecule has 0 saturated heterocycles. The molecule has 0 atom stereocenters. The van der Waals surface area contributed by atoms with Crippen molar-refractivity contribution in [3.8, 4) is 0 Å². The number of nitrogens with one attached hydrogen (secondary N) is 1. The van der Waals surface area contributed by atoms with Crippen LogP contribution in [0.5, 0.6) is 0 Å². The van der Waals surface area contributed by atoms with Gasteiger partial charge >= 0.3 is 0 Å². The Morgan fingerprint density at radius 1 is 1.00 bits per heavy atom. The van der Waals surface area contributed by atoms with Crippen LogP contribution in [0.3, 0.4) is 0 Å². The highest BCUT2D eigenvalue weighted by Crippen LogP contribution is 2.28. The van der Waals surface area contributed by atoms with E-state index in [0.29, 0.717) is 11.1 Å². The summed E-state index contributed by atoms with van der Waals surface area (Å²) in [7, 11) is 0. The first-order chi connectivity index (χ1) is 10.4. The Balaban J connectivity index is 2.49. The maximum Gasteiger partial charge on any atom is 0.252 e. The molecule has 0 saturated carbocycles. The van der Waals surface area contributed by atoms with Crippen LogP contribution in [-0.2, 0) is 6.67 Å². The molecule has 0 unspecified atom stereocenters. The Morgan fingerprint density at radius 2 is 1.64 bits per heavy atom. The molecule has 7 nitrogen and oxygen atoms in total. The van der Waals surface area contributed by atoms with E-state index in [2.05, 4.69) is 4.98 Å². The molecule has 2 aromatic rings. The summed E-state index contributed by atoms with van der Waals surface area (Å²) in [6.45, 7) is 2.96. The standard InChI is InChI=1S/C15H13N3O4/c1-6-3-8(19)17-12-10(6)14(21)11-7(2)4-9(20)18(5-16)13(11)15(12)22/h3-4H,5,16H2,1-2H3,(H,17,19). The summed E-state index contributed by atoms with van der Waals surface area (Å²) in [6, 6.07) is 2.55. The van der Waals surface area contributed by atoms with Gasteiger partial charge in [-0.15, -0.1) is 0 Å². The highest BCUT2D eigenvalue weighted by Gasteiger charge is 2.35. The maximum absolute atomic E-state index is 12.8. The quantitative estimate of drug-likeness (QED) is 0.648. The topological polar surface area (TPSA) is 115 Å². The maximum atomic E-state index is 12.8. The highest BCUT2D eigenvalue weighted by molar-refractivity contribution is 6.27. The number of H-pyrrole nitrogens is 1. The van der Waals surface area contributed by atoms with E-state index in [1.807, 2.05) is 0 Å². The minimum atomic E-state index is -0.573. The second-order valence-electron chi connectivity index (χ2n) is 5.22. The molecule has 0 amide bonds. The molecule has 3 N–H and O–H groups in total. The largest absolute Gasteiger partial charge is 0.318 e. The third-order valence-electron chi connectivity index (χ3n) is 3.83. The van der Waals surface area contributed by atoms with Gasteiger partial charge in [-0.3, -0.25) is 23.7 Å². The van der Waals surface area contributed by atoms with Gasteiger partial charge in [0.25, 0.3) is 5.56 Å². The van der Waals surface area contributed by atoms with Crippen LogP contribution < -0.4 is 16.9 Å². The average Bonchev–Trinajstić information content (AvgIpc) is 2.43. The summed E-state index contributed by atoms with van der Waals surface area (Å²) in [5.41, 5.74) is 5.62. The lowest BCUT2D eigenvalue weighted by Gasteiger charge is -2.22. The Morgan fingerprint density at radius 3 is 2.27 bits per heavy atom. The second kappa shape index (κ2) is 4.60. The molecule has 0 aliphatic heterocycles. The zero-order chi connectivity index (χ0) is 16.2. The van der Waals surface area contributed by atoms with Crippen molar-refractivity contribution < 1.29 is 9.59 Å². The molecular weight excluding hydrogens is 286 g/mol. The Kier molecular flexibility index (Phi) is 2.96. The number of pyridine rings is 2. The Hall–Kier alpha value is -2.80. The molecule has 22 heavy (non-hydrogen) atoms. The second-order valence-corrected chi connectivity index (χ2v) is 5.22. The van der Waals surface area contributed by atoms with Gasteiger partial charge in [0.05, 0.1) is 17.8 Å². The minimum Gasteiger partial charge on any atom is -0.318 e. The number of nitrogens with two attached hydrogens (primary N) is 1. The lowest BCUT2D eigenvalue weighted by atomic mass is 9.85. The smallest absolute Gasteiger partial charge is 0.252 e. The average molecular weight is 299 g/mol. The first-order valence-corrected chi connectivity index (χ1v) is 6.64. The molecule has 0 radical (unpaired) electrons. The molecule has 112 valence electrons. The monoisotopic (exact) mass is 299 g/mol. The number of carbonyl (C=O) groups is 2. The number of hydrogen-bond acceptors (Lipinski definition) is 5. The van der Waals surface area contributed by atoms with Gasteiger partial charge in [0.2, 0.25) is 11.3 Å². The highest BCUT2D eigenvalue weighted by atomic mass is 16.2. The summed E-state index contributed by atoms with van der Waals surface area (Å²) >= 11 is 0. The van der Waals surface area contributed by atoms with Gasteiger partial charge in [-0.2, -0.15) is 0 Å². The van der Waals surface area contributed by atoms with Gasteiger partial charge in [-0.1, -0.05) is 0 Å². The van der Waals surface area contributed by atoms with E-state index in [1.165, 1.54) is 12.1 Å². The summed E-state index contributed by atoms with van der Waals surface area (Å²) in [6.07, 6.45) is 0. The van der Waals surface area contributed by atoms with Crippen molar-refractivity contribution in [1.29, 1.82) is 0 Å². The van der Waals surface area contributed by atoms with Crippen LogP contribution in [0.2, 0.25) is 0 Å². The number of aromatic nitrogens is 2. The van der Waals surface area contributed by atoms with Crippen molar-refractivity contribution in [2.24, 2.45) is 5.73 Å². The fourth-order valence-electron chi connectivity index (χ4n) is 2.87. The third kappa shape index (κ3) is 1.72. The Labute approximate surface area is 124 Å². The van der Waals surface area contributed by atoms with Crippen molar-refractivity contribution in [3.63, 3.8) is 0 Å². The molecule has 1 aliphatic rings. The molecule has 2 aromatic heterocycles. The van der Waals surface area contributed by atoms with Crippen molar-refractivity contribution >= 4 is 11.6 Å². The van der Waals surface area contributed by atoms with E-state index < -0.39 is 22.7 Å². The SMILES string of the molecule is Cc1cc(=O)[nH]c2c1C(=O)c1c(C)cc(=O)n(CN)c1C2=O. The summed E-state index contributed by atoms with van der Waals surface area (Å²) in [4.78, 5) is 51.4. The number of aromatic amines is 1. The summed E-state index contributed by atoms with van der Waals surface area (Å²) in [5.74, 6) is -0.963. The van der Waals surface area contributed by atoms with Crippen LogP contribution in [0, 0.1) is 13.8 Å². The van der Waals surface area contributed by atoms with E-state index in [1.54, 1.807) is 13.8 Å². The van der Waals surface area contributed by atoms with Crippen molar-refractivity contribution in [1.82, 2.24) is 9.55 Å². The molecule has 3 rings (SSSR count). The number of rotatable bonds is 1. The van der Waals surface area contributed by atoms with E-state index in [9.17, 15) is 19.2 Å². The third-order valence-corrected chi connectivity index (χ3v) is 3.83. The fourth-order valence-corrected chi connectivity index (χ4v) is 2.87. The van der Waals surface area contributed by atoms with Gasteiger partial charge in [0, 0.05) is 12.1 Å². The van der Waals surface area contributed by atoms with Crippen LogP contribution in [0.15, 0.2) is 21.7 Å². The van der Waals surface area contributed by atoms with E-state index >= 15 is 0 Å². The van der Waals surface area contributed by atoms with Crippen molar-refractivity contribution in [3.05, 3.63) is 66.5 Å². The van der Waals surface area contributed by atoms with E-state index in [0.717, 1.165) is 4.57 Å². The lowest BCUT2D eigenvalue weighted by molar-refractivity contribution is 0.0965.